The number of pyridine rings is 2. The van der Waals surface area contributed by atoms with Crippen molar-refractivity contribution in [3.8, 4) is 22.9 Å². The zero-order chi connectivity index (χ0) is 29.8. The Hall–Kier alpha value is -2.80. The Balaban J connectivity index is 1.62. The number of methoxy groups -OCH3 is 2. The maximum atomic E-state index is 15.0. The Labute approximate surface area is 243 Å². The van der Waals surface area contributed by atoms with Crippen LogP contribution >= 0.6 is 7.37 Å². The maximum absolute atomic E-state index is 15.0. The van der Waals surface area contributed by atoms with Gasteiger partial charge in [-0.3, -0.25) is 4.57 Å². The van der Waals surface area contributed by atoms with Crippen molar-refractivity contribution >= 4 is 7.37 Å². The second-order valence-corrected chi connectivity index (χ2v) is 14.5. The number of aromatic nitrogens is 2. The molecule has 1 aromatic carbocycles. The molecule has 3 atom stereocenters. The Bertz CT molecular complexity index is 1390. The highest BCUT2D eigenvalue weighted by Gasteiger charge is 2.36. The quantitative estimate of drug-likeness (QED) is 0.188. The van der Waals surface area contributed by atoms with E-state index in [-0.39, 0.29) is 24.0 Å². The van der Waals surface area contributed by atoms with Gasteiger partial charge in [-0.25, -0.2) is 14.4 Å². The number of ether oxygens (including phenoxy) is 3. The minimum atomic E-state index is -2.69. The van der Waals surface area contributed by atoms with Gasteiger partial charge in [-0.05, 0) is 71.4 Å². The largest absolute Gasteiger partial charge is 0.481 e. The molecule has 0 N–H and O–H groups in total. The fourth-order valence-corrected chi connectivity index (χ4v) is 7.32. The topological polar surface area (TPSA) is 79.8 Å². The molecule has 2 unspecified atom stereocenters. The minimum absolute atomic E-state index is 0.148. The van der Waals surface area contributed by atoms with Crippen molar-refractivity contribution in [3.63, 3.8) is 0 Å². The van der Waals surface area contributed by atoms with E-state index in [0.717, 1.165) is 29.5 Å². The summed E-state index contributed by atoms with van der Waals surface area (Å²) >= 11 is 0. The highest BCUT2D eigenvalue weighted by atomic mass is 31.2. The lowest BCUT2D eigenvalue weighted by atomic mass is 9.81. The van der Waals surface area contributed by atoms with Crippen LogP contribution in [-0.2, 0) is 20.4 Å². The lowest BCUT2D eigenvalue weighted by molar-refractivity contribution is 0.0155. The van der Waals surface area contributed by atoms with Crippen molar-refractivity contribution in [1.29, 1.82) is 0 Å². The van der Waals surface area contributed by atoms with E-state index in [9.17, 15) is 8.96 Å². The molecule has 3 aromatic rings. The first-order valence-corrected chi connectivity index (χ1v) is 16.4. The van der Waals surface area contributed by atoms with Gasteiger partial charge in [-0.15, -0.1) is 0 Å². The van der Waals surface area contributed by atoms with E-state index in [4.69, 9.17) is 18.7 Å². The highest BCUT2D eigenvalue weighted by molar-refractivity contribution is 7.58. The van der Waals surface area contributed by atoms with E-state index in [2.05, 4.69) is 30.7 Å². The smallest absolute Gasteiger partial charge is 0.213 e. The number of hydrogen-bond donors (Lipinski definition) is 0. The Kier molecular flexibility index (Phi) is 9.89. The molecule has 0 aliphatic heterocycles. The first kappa shape index (κ1) is 31.1. The second-order valence-electron chi connectivity index (χ2n) is 11.9. The van der Waals surface area contributed by atoms with Crippen LogP contribution in [0.5, 0.6) is 11.8 Å². The second kappa shape index (κ2) is 13.0. The summed E-state index contributed by atoms with van der Waals surface area (Å²) in [4.78, 5) is 8.43. The fourth-order valence-electron chi connectivity index (χ4n) is 5.45. The summed E-state index contributed by atoms with van der Waals surface area (Å²) < 4.78 is 50.9. The molecule has 41 heavy (non-hydrogen) atoms. The van der Waals surface area contributed by atoms with Crippen LogP contribution in [0.25, 0.3) is 11.1 Å². The van der Waals surface area contributed by atoms with Crippen molar-refractivity contribution in [2.75, 3.05) is 33.7 Å². The molecule has 0 amide bonds. The van der Waals surface area contributed by atoms with Gasteiger partial charge < -0.3 is 18.7 Å². The van der Waals surface area contributed by atoms with Gasteiger partial charge in [0, 0.05) is 43.8 Å². The Morgan fingerprint density at radius 2 is 1.80 bits per heavy atom. The van der Waals surface area contributed by atoms with Crippen molar-refractivity contribution < 1.29 is 27.7 Å². The number of halogens is 1. The van der Waals surface area contributed by atoms with Gasteiger partial charge in [-0.1, -0.05) is 32.9 Å². The highest BCUT2D eigenvalue weighted by Crippen LogP contribution is 2.53. The molecule has 2 aromatic heterocycles. The lowest BCUT2D eigenvalue weighted by Gasteiger charge is -2.32. The third-order valence-corrected chi connectivity index (χ3v) is 9.31. The van der Waals surface area contributed by atoms with Gasteiger partial charge >= 0.3 is 0 Å². The average Bonchev–Trinajstić information content (AvgIpc) is 3.76. The summed E-state index contributed by atoms with van der Waals surface area (Å²) in [5.41, 5.74) is 3.66. The van der Waals surface area contributed by atoms with E-state index in [1.807, 2.05) is 37.3 Å². The molecule has 2 heterocycles. The van der Waals surface area contributed by atoms with Crippen molar-refractivity contribution in [2.24, 2.45) is 11.3 Å². The van der Waals surface area contributed by atoms with Gasteiger partial charge in [-0.2, -0.15) is 0 Å². The monoisotopic (exact) mass is 584 g/mol. The normalized spacial score (nSPS) is 16.6. The van der Waals surface area contributed by atoms with Gasteiger partial charge in [0.1, 0.15) is 12.4 Å². The van der Waals surface area contributed by atoms with Gasteiger partial charge in [0.15, 0.2) is 0 Å². The SMILES string of the molecule is CCOP(C)(=O)CC(c1ccnc(OCc2ccc(-c3cc(OC)ncc3F)c([C@@H](OC)C(C)(C)C)c2)c1)C1CC1. The predicted molar refractivity (Wildman–Crippen MR) is 159 cm³/mol. The van der Waals surface area contributed by atoms with Gasteiger partial charge in [0.2, 0.25) is 19.1 Å². The standard InChI is InChI=1S/C32H42FN2O5P/c1-8-40-41(7,36)20-27(22-10-11-22)23-13-14-34-30(16-23)39-19-21-9-12-24(25-17-29(37-5)35-18-28(25)33)26(15-21)31(38-6)32(2,3)4/h9,12-18,22,27,31H,8,10-11,19-20H2,1-7H3/t27?,31-,41?/m1/s1. The molecule has 1 aliphatic rings. The molecular formula is C32H42FN2O5P. The molecule has 7 nitrogen and oxygen atoms in total. The molecule has 0 radical (unpaired) electrons. The molecule has 4 rings (SSSR count). The van der Waals surface area contributed by atoms with Gasteiger partial charge in [0.05, 0.1) is 26.0 Å². The van der Waals surface area contributed by atoms with Gasteiger partial charge in [0.25, 0.3) is 0 Å². The Morgan fingerprint density at radius 3 is 2.44 bits per heavy atom. The third-order valence-electron chi connectivity index (χ3n) is 7.45. The summed E-state index contributed by atoms with van der Waals surface area (Å²) in [7, 11) is 0.485. The van der Waals surface area contributed by atoms with Crippen molar-refractivity contribution in [1.82, 2.24) is 9.97 Å². The van der Waals surface area contributed by atoms with E-state index in [1.54, 1.807) is 26.0 Å². The minimum Gasteiger partial charge on any atom is -0.481 e. The zero-order valence-electron chi connectivity index (χ0n) is 25.1. The molecule has 1 aliphatic carbocycles. The van der Waals surface area contributed by atoms with E-state index < -0.39 is 13.2 Å². The van der Waals surface area contributed by atoms with Crippen LogP contribution in [0, 0.1) is 17.2 Å². The van der Waals surface area contributed by atoms with E-state index >= 15 is 0 Å². The lowest BCUT2D eigenvalue weighted by Crippen LogP contribution is -2.21. The molecule has 1 saturated carbocycles. The summed E-state index contributed by atoms with van der Waals surface area (Å²) in [5.74, 6) is 1.05. The molecule has 0 bridgehead atoms. The number of nitrogens with zero attached hydrogens (tertiary/aromatic N) is 2. The number of rotatable bonds is 13. The van der Waals surface area contributed by atoms with Crippen LogP contribution in [-0.4, -0.2) is 43.6 Å². The van der Waals surface area contributed by atoms with Crippen LogP contribution in [0.1, 0.15) is 69.2 Å². The third kappa shape index (κ3) is 7.94. The summed E-state index contributed by atoms with van der Waals surface area (Å²) in [6.07, 6.45) is 5.38. The number of hydrogen-bond acceptors (Lipinski definition) is 7. The fraction of sp³-hybridized carbons (Fsp3) is 0.500. The molecule has 1 fully saturated rings. The molecule has 9 heteroatoms. The van der Waals surface area contributed by atoms with Crippen LogP contribution in [0.4, 0.5) is 4.39 Å². The van der Waals surface area contributed by atoms with Crippen LogP contribution in [0.2, 0.25) is 0 Å². The van der Waals surface area contributed by atoms with Crippen LogP contribution < -0.4 is 9.47 Å². The summed E-state index contributed by atoms with van der Waals surface area (Å²) in [6.45, 7) is 10.6. The van der Waals surface area contributed by atoms with Crippen molar-refractivity contribution in [3.05, 3.63) is 71.3 Å². The first-order chi connectivity index (χ1) is 19.5. The summed E-state index contributed by atoms with van der Waals surface area (Å²) in [6, 6.07) is 11.4. The molecule has 0 spiro atoms. The number of benzene rings is 1. The van der Waals surface area contributed by atoms with Crippen LogP contribution in [0.15, 0.2) is 48.8 Å². The van der Waals surface area contributed by atoms with Crippen LogP contribution in [0.3, 0.4) is 0 Å². The maximum Gasteiger partial charge on any atom is 0.213 e. The Morgan fingerprint density at radius 1 is 1.05 bits per heavy atom. The first-order valence-electron chi connectivity index (χ1n) is 14.1. The predicted octanol–water partition coefficient (Wildman–Crippen LogP) is 8.04. The molecular weight excluding hydrogens is 542 g/mol. The van der Waals surface area contributed by atoms with E-state index in [1.165, 1.54) is 13.3 Å². The molecule has 0 saturated heterocycles. The zero-order valence-corrected chi connectivity index (χ0v) is 26.0. The van der Waals surface area contributed by atoms with Crippen molar-refractivity contribution in [2.45, 2.75) is 59.2 Å². The summed E-state index contributed by atoms with van der Waals surface area (Å²) in [5, 5.41) is 0. The molecule has 222 valence electrons. The average molecular weight is 585 g/mol. The van der Waals surface area contributed by atoms with E-state index in [0.29, 0.717) is 41.6 Å².